The van der Waals surface area contributed by atoms with Crippen LogP contribution in [-0.2, 0) is 31.5 Å². The predicted molar refractivity (Wildman–Crippen MR) is 224 cm³/mol. The first-order valence-corrected chi connectivity index (χ1v) is 25.3. The number of rotatable bonds is 21. The van der Waals surface area contributed by atoms with E-state index in [2.05, 4.69) is 139 Å². The van der Waals surface area contributed by atoms with Crippen LogP contribution >= 0.6 is 0 Å². The quantitative estimate of drug-likeness (QED) is 0.0934. The number of ether oxygens (including phenoxy) is 4. The summed E-state index contributed by atoms with van der Waals surface area (Å²) in [5.41, 5.74) is 2.28. The molecule has 0 aliphatic carbocycles. The molecule has 2 aromatic carbocycles. The van der Waals surface area contributed by atoms with Gasteiger partial charge in [-0.3, -0.25) is 0 Å². The van der Waals surface area contributed by atoms with Crippen molar-refractivity contribution in [3.05, 3.63) is 71.8 Å². The Morgan fingerprint density at radius 1 is 0.615 bits per heavy atom. The molecule has 0 aliphatic rings. The molecule has 0 saturated carbocycles. The zero-order chi connectivity index (χ0) is 39.5. The maximum Gasteiger partial charge on any atom is 0.192 e. The largest absolute Gasteiger partial charge is 0.497 e. The number of methoxy groups -OCH3 is 2. The average Bonchev–Trinajstić information content (AvgIpc) is 3.07. The van der Waals surface area contributed by atoms with Crippen molar-refractivity contribution in [3.63, 3.8) is 0 Å². The molecule has 0 heterocycles. The van der Waals surface area contributed by atoms with Crippen molar-refractivity contribution >= 4 is 16.6 Å². The van der Waals surface area contributed by atoms with Crippen molar-refractivity contribution in [2.75, 3.05) is 20.8 Å². The zero-order valence-corrected chi connectivity index (χ0v) is 38.1. The standard InChI is InChI=1S/C44H76O6Si2/c1-32(41(49-51(14,15)43(6,7)8)34(3)29-47-30-37-21-25-39(45-12)26-22-37)19-18-20-33(2)42(50-52(16,17)44(9,10)11)35(4)36(5)48-31-38-23-27-40(46-13)28-24-38/h18-19,21-28,32-36,41-42H,20,29-31H2,1-17H3/b19-18-. The lowest BCUT2D eigenvalue weighted by atomic mass is 9.87. The van der Waals surface area contributed by atoms with E-state index in [0.29, 0.717) is 25.7 Å². The van der Waals surface area contributed by atoms with E-state index in [1.807, 2.05) is 24.3 Å². The Balaban J connectivity index is 2.22. The smallest absolute Gasteiger partial charge is 0.192 e. The van der Waals surface area contributed by atoms with Gasteiger partial charge < -0.3 is 27.8 Å². The second-order valence-electron chi connectivity index (χ2n) is 18.2. The van der Waals surface area contributed by atoms with Crippen LogP contribution in [-0.4, -0.2) is 55.8 Å². The third kappa shape index (κ3) is 14.0. The van der Waals surface area contributed by atoms with Crippen molar-refractivity contribution in [3.8, 4) is 11.5 Å². The lowest BCUT2D eigenvalue weighted by Gasteiger charge is -2.44. The Kier molecular flexibility index (Phi) is 17.9. The van der Waals surface area contributed by atoms with Gasteiger partial charge >= 0.3 is 0 Å². The lowest BCUT2D eigenvalue weighted by Crippen LogP contribution is -2.49. The highest BCUT2D eigenvalue weighted by Crippen LogP contribution is 2.41. The minimum Gasteiger partial charge on any atom is -0.497 e. The molecule has 52 heavy (non-hydrogen) atoms. The second kappa shape index (κ2) is 20.1. The summed E-state index contributed by atoms with van der Waals surface area (Å²) < 4.78 is 37.8. The van der Waals surface area contributed by atoms with Crippen LogP contribution in [0.5, 0.6) is 11.5 Å². The van der Waals surface area contributed by atoms with Gasteiger partial charge in [0, 0.05) is 11.8 Å². The minimum absolute atomic E-state index is 0.0309. The number of hydrogen-bond donors (Lipinski definition) is 0. The van der Waals surface area contributed by atoms with Gasteiger partial charge in [-0.2, -0.15) is 0 Å². The Morgan fingerprint density at radius 2 is 1.06 bits per heavy atom. The van der Waals surface area contributed by atoms with Crippen LogP contribution in [0.15, 0.2) is 60.7 Å². The Hall–Kier alpha value is -1.95. The highest BCUT2D eigenvalue weighted by atomic mass is 28.4. The van der Waals surface area contributed by atoms with Crippen LogP contribution in [0.25, 0.3) is 0 Å². The van der Waals surface area contributed by atoms with E-state index in [1.54, 1.807) is 14.2 Å². The van der Waals surface area contributed by atoms with E-state index >= 15 is 0 Å². The third-order valence-corrected chi connectivity index (χ3v) is 20.7. The summed E-state index contributed by atoms with van der Waals surface area (Å²) in [5, 5.41) is 0.228. The molecule has 296 valence electrons. The summed E-state index contributed by atoms with van der Waals surface area (Å²) in [4.78, 5) is 0. The molecular weight excluding hydrogens is 681 g/mol. The molecule has 0 saturated heterocycles. The first-order chi connectivity index (χ1) is 24.0. The van der Waals surface area contributed by atoms with Crippen LogP contribution in [0.1, 0.15) is 93.7 Å². The highest BCUT2D eigenvalue weighted by Gasteiger charge is 2.43. The fraction of sp³-hybridized carbons (Fsp3) is 0.682. The summed E-state index contributed by atoms with van der Waals surface area (Å²) in [5.74, 6) is 2.69. The van der Waals surface area contributed by atoms with E-state index in [4.69, 9.17) is 27.8 Å². The fourth-order valence-corrected chi connectivity index (χ4v) is 8.78. The summed E-state index contributed by atoms with van der Waals surface area (Å²) in [6.07, 6.45) is 5.83. The van der Waals surface area contributed by atoms with Crippen molar-refractivity contribution in [2.45, 2.75) is 150 Å². The SMILES string of the molecule is COc1ccc(COCC(C)C(O[Si](C)(C)C(C)(C)C)C(C)/C=C\CC(C)C(O[Si](C)(C)C(C)(C)C)C(C)C(C)OCc2ccc(OC)cc2)cc1. The number of benzene rings is 2. The zero-order valence-electron chi connectivity index (χ0n) is 36.1. The highest BCUT2D eigenvalue weighted by molar-refractivity contribution is 6.74. The van der Waals surface area contributed by atoms with Crippen LogP contribution in [0.4, 0.5) is 0 Å². The summed E-state index contributed by atoms with van der Waals surface area (Å²) in [7, 11) is -0.698. The molecule has 0 amide bonds. The maximum atomic E-state index is 7.24. The van der Waals surface area contributed by atoms with Crippen molar-refractivity contribution in [1.82, 2.24) is 0 Å². The fourth-order valence-electron chi connectivity index (χ4n) is 5.82. The van der Waals surface area contributed by atoms with E-state index in [-0.39, 0.29) is 46.1 Å². The molecule has 0 aliphatic heterocycles. The Bertz CT molecular complexity index is 1330. The van der Waals surface area contributed by atoms with Gasteiger partial charge in [-0.05, 0) is 96.8 Å². The van der Waals surface area contributed by atoms with Crippen LogP contribution in [0, 0.1) is 23.7 Å². The predicted octanol–water partition coefficient (Wildman–Crippen LogP) is 12.1. The van der Waals surface area contributed by atoms with Gasteiger partial charge in [0.2, 0.25) is 0 Å². The van der Waals surface area contributed by atoms with E-state index in [9.17, 15) is 0 Å². The second-order valence-corrected chi connectivity index (χ2v) is 27.8. The van der Waals surface area contributed by atoms with Gasteiger partial charge in [0.1, 0.15) is 11.5 Å². The molecule has 0 bridgehead atoms. The monoisotopic (exact) mass is 757 g/mol. The molecule has 0 aromatic heterocycles. The Labute approximate surface area is 321 Å². The van der Waals surface area contributed by atoms with E-state index in [0.717, 1.165) is 29.0 Å². The van der Waals surface area contributed by atoms with Gasteiger partial charge in [-0.1, -0.05) is 106 Å². The Morgan fingerprint density at radius 3 is 1.50 bits per heavy atom. The molecule has 0 spiro atoms. The van der Waals surface area contributed by atoms with Crippen LogP contribution in [0.2, 0.25) is 36.3 Å². The van der Waals surface area contributed by atoms with Gasteiger partial charge in [0.15, 0.2) is 16.6 Å². The molecule has 7 unspecified atom stereocenters. The molecule has 8 heteroatoms. The van der Waals surface area contributed by atoms with Gasteiger partial charge in [0.25, 0.3) is 0 Å². The number of hydrogen-bond acceptors (Lipinski definition) is 6. The van der Waals surface area contributed by atoms with Gasteiger partial charge in [0.05, 0.1) is 52.4 Å². The van der Waals surface area contributed by atoms with Crippen molar-refractivity contribution in [2.24, 2.45) is 23.7 Å². The minimum atomic E-state index is -2.05. The number of allylic oxidation sites excluding steroid dienone is 1. The third-order valence-electron chi connectivity index (χ3n) is 11.8. The molecule has 7 atom stereocenters. The van der Waals surface area contributed by atoms with Crippen LogP contribution < -0.4 is 9.47 Å². The molecule has 2 rings (SSSR count). The van der Waals surface area contributed by atoms with Crippen molar-refractivity contribution < 1.29 is 27.8 Å². The summed E-state index contributed by atoms with van der Waals surface area (Å²) in [6.45, 7) is 36.5. The molecule has 0 N–H and O–H groups in total. The maximum absolute atomic E-state index is 7.24. The van der Waals surface area contributed by atoms with E-state index in [1.165, 1.54) is 0 Å². The molecule has 6 nitrogen and oxygen atoms in total. The molecule has 0 radical (unpaired) electrons. The summed E-state index contributed by atoms with van der Waals surface area (Å²) >= 11 is 0. The lowest BCUT2D eigenvalue weighted by molar-refractivity contribution is -0.0388. The summed E-state index contributed by atoms with van der Waals surface area (Å²) in [6, 6.07) is 16.2. The first-order valence-electron chi connectivity index (χ1n) is 19.5. The topological polar surface area (TPSA) is 55.4 Å². The van der Waals surface area contributed by atoms with Gasteiger partial charge in [-0.15, -0.1) is 0 Å². The normalized spacial score (nSPS) is 17.3. The van der Waals surface area contributed by atoms with Gasteiger partial charge in [-0.25, -0.2) is 0 Å². The molecule has 0 fully saturated rings. The van der Waals surface area contributed by atoms with E-state index < -0.39 is 16.6 Å². The first kappa shape index (κ1) is 46.2. The van der Waals surface area contributed by atoms with Crippen molar-refractivity contribution in [1.29, 1.82) is 0 Å². The molecular formula is C44H76O6Si2. The average molecular weight is 757 g/mol. The van der Waals surface area contributed by atoms with Crippen LogP contribution in [0.3, 0.4) is 0 Å². The molecule has 2 aromatic rings.